The fourth-order valence-electron chi connectivity index (χ4n) is 4.00. The highest BCUT2D eigenvalue weighted by Crippen LogP contribution is 2.46. The van der Waals surface area contributed by atoms with E-state index in [0.29, 0.717) is 41.2 Å². The Morgan fingerprint density at radius 1 is 1.06 bits per heavy atom. The quantitative estimate of drug-likeness (QED) is 0.371. The van der Waals surface area contributed by atoms with Gasteiger partial charge in [-0.15, -0.1) is 0 Å². The molecule has 0 spiro atoms. The number of ether oxygens (including phenoxy) is 1. The van der Waals surface area contributed by atoms with E-state index in [-0.39, 0.29) is 4.90 Å². The Morgan fingerprint density at radius 3 is 2.47 bits per heavy atom. The molecule has 1 aromatic heterocycles. The normalized spacial score (nSPS) is 15.5. The van der Waals surface area contributed by atoms with Gasteiger partial charge in [0.15, 0.2) is 9.84 Å². The summed E-state index contributed by atoms with van der Waals surface area (Å²) in [7, 11) is -4.37. The summed E-state index contributed by atoms with van der Waals surface area (Å²) in [6, 6.07) is 12.3. The van der Waals surface area contributed by atoms with Crippen molar-refractivity contribution in [2.45, 2.75) is 30.9 Å². The van der Waals surface area contributed by atoms with Crippen molar-refractivity contribution < 1.29 is 17.7 Å². The van der Waals surface area contributed by atoms with Crippen molar-refractivity contribution in [1.82, 2.24) is 15.3 Å². The van der Waals surface area contributed by atoms with E-state index in [1.165, 1.54) is 0 Å². The first-order chi connectivity index (χ1) is 17.1. The highest BCUT2D eigenvalue weighted by atomic mass is 32.2. The van der Waals surface area contributed by atoms with Crippen LogP contribution in [0.5, 0.6) is 5.75 Å². The van der Waals surface area contributed by atoms with Gasteiger partial charge >= 0.3 is 0 Å². The third-order valence-corrected chi connectivity index (χ3v) is 11.6. The maximum absolute atomic E-state index is 13.4. The molecule has 3 aromatic rings. The molecule has 4 rings (SSSR count). The monoisotopic (exact) mass is 529 g/mol. The molecule has 36 heavy (non-hydrogen) atoms. The summed E-state index contributed by atoms with van der Waals surface area (Å²) in [5, 5.41) is 9.85. The van der Waals surface area contributed by atoms with Crippen LogP contribution in [0.2, 0.25) is 0 Å². The van der Waals surface area contributed by atoms with E-state index in [1.807, 2.05) is 25.1 Å². The largest absolute Gasteiger partial charge is 0.495 e. The molecule has 1 aliphatic rings. The second kappa shape index (κ2) is 10.6. The van der Waals surface area contributed by atoms with Crippen molar-refractivity contribution >= 4 is 45.4 Å². The second-order valence-corrected chi connectivity index (χ2v) is 14.7. The van der Waals surface area contributed by atoms with Gasteiger partial charge in [-0.25, -0.2) is 13.4 Å². The van der Waals surface area contributed by atoms with Gasteiger partial charge in [0.2, 0.25) is 5.95 Å². The number of para-hydroxylation sites is 1. The van der Waals surface area contributed by atoms with Crippen LogP contribution >= 0.6 is 7.14 Å². The van der Waals surface area contributed by atoms with E-state index in [1.54, 1.807) is 51.4 Å². The molecule has 9 nitrogen and oxygen atoms in total. The first-order valence-corrected chi connectivity index (χ1v) is 15.4. The van der Waals surface area contributed by atoms with Crippen molar-refractivity contribution in [3.63, 3.8) is 0 Å². The maximum atomic E-state index is 13.4. The van der Waals surface area contributed by atoms with E-state index in [0.717, 1.165) is 24.0 Å². The summed E-state index contributed by atoms with van der Waals surface area (Å²) >= 11 is 0. The van der Waals surface area contributed by atoms with E-state index in [4.69, 9.17) is 4.74 Å². The Balaban J connectivity index is 1.62. The van der Waals surface area contributed by atoms with Crippen LogP contribution < -0.4 is 26.0 Å². The number of aromatic nitrogens is 2. The zero-order valence-corrected chi connectivity index (χ0v) is 22.6. The fourth-order valence-corrected chi connectivity index (χ4v) is 7.68. The van der Waals surface area contributed by atoms with Gasteiger partial charge < -0.3 is 25.3 Å². The Hall–Kier alpha value is -2.94. The Bertz CT molecular complexity index is 1400. The molecule has 0 unspecified atom stereocenters. The first-order valence-electron chi connectivity index (χ1n) is 11.8. The number of anilines is 4. The number of nitrogens with zero attached hydrogens (tertiary/aromatic N) is 2. The molecule has 11 heteroatoms. The lowest BCUT2D eigenvalue weighted by molar-refractivity contribution is 0.417. The highest BCUT2D eigenvalue weighted by Gasteiger charge is 2.28. The molecule has 0 radical (unpaired) electrons. The lowest BCUT2D eigenvalue weighted by Crippen LogP contribution is -2.32. The van der Waals surface area contributed by atoms with Crippen LogP contribution in [0.1, 0.15) is 19.4 Å². The van der Waals surface area contributed by atoms with E-state index < -0.39 is 22.2 Å². The van der Waals surface area contributed by atoms with E-state index >= 15 is 0 Å². The molecule has 1 fully saturated rings. The van der Waals surface area contributed by atoms with Crippen LogP contribution in [0.15, 0.2) is 53.6 Å². The Morgan fingerprint density at radius 2 is 1.78 bits per heavy atom. The predicted molar refractivity (Wildman–Crippen MR) is 145 cm³/mol. The minimum absolute atomic E-state index is 0.220. The smallest absolute Gasteiger partial charge is 0.229 e. The van der Waals surface area contributed by atoms with Gasteiger partial charge in [-0.3, -0.25) is 0 Å². The average molecular weight is 530 g/mol. The summed E-state index contributed by atoms with van der Waals surface area (Å²) in [4.78, 5) is 9.18. The van der Waals surface area contributed by atoms with Crippen LogP contribution in [0.3, 0.4) is 0 Å². The molecule has 0 bridgehead atoms. The number of sulfone groups is 1. The lowest BCUT2D eigenvalue weighted by atomic mass is 10.3. The zero-order valence-electron chi connectivity index (χ0n) is 20.9. The molecule has 1 aliphatic heterocycles. The minimum Gasteiger partial charge on any atom is -0.495 e. The fraction of sp³-hybridized carbons (Fsp3) is 0.360. The topological polar surface area (TPSA) is 122 Å². The third-order valence-electron chi connectivity index (χ3n) is 6.24. The highest BCUT2D eigenvalue weighted by molar-refractivity contribution is 7.92. The molecule has 0 aliphatic carbocycles. The lowest BCUT2D eigenvalue weighted by Gasteiger charge is -2.24. The van der Waals surface area contributed by atoms with Crippen molar-refractivity contribution in [2.75, 3.05) is 43.2 Å². The van der Waals surface area contributed by atoms with Crippen LogP contribution in [0.4, 0.5) is 23.1 Å². The number of benzene rings is 2. The predicted octanol–water partition coefficient (Wildman–Crippen LogP) is 4.05. The number of nitrogens with one attached hydrogen (secondary N) is 3. The van der Waals surface area contributed by atoms with Gasteiger partial charge in [0.1, 0.15) is 18.7 Å². The van der Waals surface area contributed by atoms with Gasteiger partial charge in [0, 0.05) is 42.5 Å². The zero-order chi connectivity index (χ0) is 25.9. The average Bonchev–Trinajstić information content (AvgIpc) is 2.86. The summed E-state index contributed by atoms with van der Waals surface area (Å²) in [5.41, 5.74) is 1.84. The molecular formula is C25H32N5O4PS. The minimum atomic E-state index is -3.49. The number of aryl methyl sites for hydroxylation is 1. The standard InChI is InChI=1S/C25H32N5O4PS/c1-17(2)36(32,33)23-8-6-5-7-21(23)28-24-18(3)16-27-25(30-24)29-20-10-9-19(15-22(20)34-4)35(31)13-11-26-12-14-35/h5-10,15-17,26H,11-14H2,1-4H3,(H2,27,28,29,30). The molecule has 192 valence electrons. The molecule has 0 saturated carbocycles. The molecule has 1 saturated heterocycles. The summed E-state index contributed by atoms with van der Waals surface area (Å²) in [6.45, 7) is 6.65. The van der Waals surface area contributed by atoms with Crippen LogP contribution in [-0.4, -0.2) is 56.2 Å². The Kier molecular flexibility index (Phi) is 7.68. The molecule has 2 heterocycles. The third kappa shape index (κ3) is 5.40. The van der Waals surface area contributed by atoms with E-state index in [9.17, 15) is 13.0 Å². The molecular weight excluding hydrogens is 497 g/mol. The van der Waals surface area contributed by atoms with Gasteiger partial charge in [-0.2, -0.15) is 4.98 Å². The molecule has 2 aromatic carbocycles. The van der Waals surface area contributed by atoms with Crippen LogP contribution in [0, 0.1) is 6.92 Å². The Labute approximate surface area is 212 Å². The first kappa shape index (κ1) is 26.1. The SMILES string of the molecule is COc1cc(P2(=O)CCNCC2)ccc1Nc1ncc(C)c(Nc2ccccc2S(=O)(=O)C(C)C)n1. The van der Waals surface area contributed by atoms with Gasteiger partial charge in [0.25, 0.3) is 0 Å². The van der Waals surface area contributed by atoms with Crippen molar-refractivity contribution in [1.29, 1.82) is 0 Å². The van der Waals surface area contributed by atoms with Gasteiger partial charge in [0.05, 0.1) is 28.6 Å². The van der Waals surface area contributed by atoms with Gasteiger partial charge in [-0.1, -0.05) is 12.1 Å². The van der Waals surface area contributed by atoms with Crippen LogP contribution in [0.25, 0.3) is 0 Å². The van der Waals surface area contributed by atoms with Crippen molar-refractivity contribution in [3.05, 3.63) is 54.2 Å². The number of rotatable bonds is 8. The molecule has 0 atom stereocenters. The number of hydrogen-bond donors (Lipinski definition) is 3. The number of methoxy groups -OCH3 is 1. The second-order valence-electron chi connectivity index (χ2n) is 9.04. The summed E-state index contributed by atoms with van der Waals surface area (Å²) in [6.07, 6.45) is 2.92. The summed E-state index contributed by atoms with van der Waals surface area (Å²) in [5.74, 6) is 1.34. The van der Waals surface area contributed by atoms with Crippen LogP contribution in [-0.2, 0) is 14.4 Å². The number of hydrogen-bond acceptors (Lipinski definition) is 9. The van der Waals surface area contributed by atoms with Crippen molar-refractivity contribution in [3.8, 4) is 5.75 Å². The summed E-state index contributed by atoms with van der Waals surface area (Å²) < 4.78 is 44.7. The maximum Gasteiger partial charge on any atom is 0.229 e. The van der Waals surface area contributed by atoms with E-state index in [2.05, 4.69) is 25.9 Å². The molecule has 3 N–H and O–H groups in total. The van der Waals surface area contributed by atoms with Gasteiger partial charge in [-0.05, 0) is 51.1 Å². The molecule has 0 amide bonds. The van der Waals surface area contributed by atoms with Crippen molar-refractivity contribution in [2.24, 2.45) is 0 Å².